The molecule has 1 aliphatic rings. The normalized spacial score (nSPS) is 16.0. The fraction of sp³-hybridized carbons (Fsp3) is 0.500. The van der Waals surface area contributed by atoms with Crippen molar-refractivity contribution in [3.05, 3.63) is 29.8 Å². The van der Waals surface area contributed by atoms with Crippen molar-refractivity contribution in [1.82, 2.24) is 10.2 Å². The molecule has 1 fully saturated rings. The molecule has 2 rings (SSSR count). The van der Waals surface area contributed by atoms with E-state index < -0.39 is 0 Å². The van der Waals surface area contributed by atoms with E-state index in [9.17, 15) is 14.7 Å². The van der Waals surface area contributed by atoms with Crippen molar-refractivity contribution in [1.29, 1.82) is 0 Å². The number of likely N-dealkylation sites (tertiary alicyclic amines) is 1. The summed E-state index contributed by atoms with van der Waals surface area (Å²) in [6.07, 6.45) is 1.33. The fourth-order valence-corrected chi connectivity index (χ4v) is 2.57. The number of carbonyl (C=O) groups excluding carboxylic acids is 2. The Hall–Kier alpha value is -2.04. The standard InChI is InChI=1S/C16H22N2O3/c1-11(2)17-15(20)12-7-9-18(10-8-12)16(21)13-5-3-4-6-14(13)19/h3-6,11-12,19H,7-10H2,1-2H3,(H,17,20). The van der Waals surface area contributed by atoms with Crippen LogP contribution in [0.2, 0.25) is 0 Å². The van der Waals surface area contributed by atoms with E-state index in [1.807, 2.05) is 13.8 Å². The Morgan fingerprint density at radius 3 is 2.43 bits per heavy atom. The van der Waals surface area contributed by atoms with Gasteiger partial charge < -0.3 is 15.3 Å². The lowest BCUT2D eigenvalue weighted by Gasteiger charge is -2.31. The van der Waals surface area contributed by atoms with Crippen molar-refractivity contribution in [3.63, 3.8) is 0 Å². The van der Waals surface area contributed by atoms with Crippen LogP contribution in [0.1, 0.15) is 37.0 Å². The van der Waals surface area contributed by atoms with Crippen molar-refractivity contribution in [2.45, 2.75) is 32.7 Å². The van der Waals surface area contributed by atoms with Gasteiger partial charge in [-0.2, -0.15) is 0 Å². The number of carbonyl (C=O) groups is 2. The Balaban J connectivity index is 1.94. The van der Waals surface area contributed by atoms with Gasteiger partial charge in [-0.1, -0.05) is 12.1 Å². The van der Waals surface area contributed by atoms with Gasteiger partial charge in [0.15, 0.2) is 0 Å². The summed E-state index contributed by atoms with van der Waals surface area (Å²) in [6, 6.07) is 6.69. The highest BCUT2D eigenvalue weighted by atomic mass is 16.3. The van der Waals surface area contributed by atoms with Crippen LogP contribution in [-0.4, -0.2) is 41.0 Å². The molecule has 21 heavy (non-hydrogen) atoms. The van der Waals surface area contributed by atoms with Crippen molar-refractivity contribution in [2.75, 3.05) is 13.1 Å². The number of benzene rings is 1. The first-order valence-electron chi connectivity index (χ1n) is 7.36. The first-order valence-corrected chi connectivity index (χ1v) is 7.36. The van der Waals surface area contributed by atoms with Gasteiger partial charge in [0.1, 0.15) is 5.75 Å². The number of hydrogen-bond acceptors (Lipinski definition) is 3. The summed E-state index contributed by atoms with van der Waals surface area (Å²) in [5.41, 5.74) is 0.322. The molecule has 114 valence electrons. The Morgan fingerprint density at radius 2 is 1.86 bits per heavy atom. The first kappa shape index (κ1) is 15.4. The zero-order valence-corrected chi connectivity index (χ0v) is 12.5. The summed E-state index contributed by atoms with van der Waals surface area (Å²) in [4.78, 5) is 26.0. The quantitative estimate of drug-likeness (QED) is 0.891. The number of amides is 2. The van der Waals surface area contributed by atoms with Crippen LogP contribution in [-0.2, 0) is 4.79 Å². The van der Waals surface area contributed by atoms with Crippen molar-refractivity contribution < 1.29 is 14.7 Å². The lowest BCUT2D eigenvalue weighted by atomic mass is 9.95. The maximum atomic E-state index is 12.3. The molecule has 2 N–H and O–H groups in total. The number of rotatable bonds is 3. The molecule has 1 aliphatic heterocycles. The predicted molar refractivity (Wildman–Crippen MR) is 80.0 cm³/mol. The van der Waals surface area contributed by atoms with Gasteiger partial charge in [-0.25, -0.2) is 0 Å². The molecule has 1 heterocycles. The molecule has 0 saturated carbocycles. The third-order valence-corrected chi connectivity index (χ3v) is 3.72. The van der Waals surface area contributed by atoms with E-state index >= 15 is 0 Å². The van der Waals surface area contributed by atoms with Crippen LogP contribution in [0.25, 0.3) is 0 Å². The molecule has 1 saturated heterocycles. The number of phenolic OH excluding ortho intramolecular Hbond substituents is 1. The van der Waals surface area contributed by atoms with Gasteiger partial charge in [-0.05, 0) is 38.8 Å². The summed E-state index contributed by atoms with van der Waals surface area (Å²) in [5.74, 6) is -0.126. The van der Waals surface area contributed by atoms with Crippen molar-refractivity contribution in [3.8, 4) is 5.75 Å². The number of nitrogens with zero attached hydrogens (tertiary/aromatic N) is 1. The van der Waals surface area contributed by atoms with Crippen LogP contribution < -0.4 is 5.32 Å². The first-order chi connectivity index (χ1) is 9.99. The maximum absolute atomic E-state index is 12.3. The highest BCUT2D eigenvalue weighted by Crippen LogP contribution is 2.23. The summed E-state index contributed by atoms with van der Waals surface area (Å²) >= 11 is 0. The highest BCUT2D eigenvalue weighted by Gasteiger charge is 2.28. The Bertz CT molecular complexity index is 520. The van der Waals surface area contributed by atoms with E-state index in [0.29, 0.717) is 31.5 Å². The lowest BCUT2D eigenvalue weighted by Crippen LogP contribution is -2.44. The molecule has 0 spiro atoms. The molecule has 1 aromatic carbocycles. The van der Waals surface area contributed by atoms with Crippen LogP contribution in [0.15, 0.2) is 24.3 Å². The van der Waals surface area contributed by atoms with Gasteiger partial charge in [-0.15, -0.1) is 0 Å². The van der Waals surface area contributed by atoms with Crippen LogP contribution in [0.3, 0.4) is 0 Å². The van der Waals surface area contributed by atoms with E-state index in [4.69, 9.17) is 0 Å². The second kappa shape index (κ2) is 6.61. The highest BCUT2D eigenvalue weighted by molar-refractivity contribution is 5.97. The number of para-hydroxylation sites is 1. The summed E-state index contributed by atoms with van der Waals surface area (Å²) in [7, 11) is 0. The third kappa shape index (κ3) is 3.74. The predicted octanol–water partition coefficient (Wildman–Crippen LogP) is 1.77. The van der Waals surface area contributed by atoms with E-state index in [1.165, 1.54) is 6.07 Å². The molecule has 0 atom stereocenters. The Kier molecular flexibility index (Phi) is 4.83. The molecular formula is C16H22N2O3. The topological polar surface area (TPSA) is 69.6 Å². The second-order valence-electron chi connectivity index (χ2n) is 5.75. The number of piperidine rings is 1. The minimum Gasteiger partial charge on any atom is -0.507 e. The number of aromatic hydroxyl groups is 1. The lowest BCUT2D eigenvalue weighted by molar-refractivity contribution is -0.126. The van der Waals surface area contributed by atoms with Gasteiger partial charge in [0, 0.05) is 25.0 Å². The van der Waals surface area contributed by atoms with Gasteiger partial charge in [0.2, 0.25) is 5.91 Å². The van der Waals surface area contributed by atoms with Crippen molar-refractivity contribution in [2.24, 2.45) is 5.92 Å². The molecular weight excluding hydrogens is 268 g/mol. The minimum atomic E-state index is -0.171. The zero-order valence-electron chi connectivity index (χ0n) is 12.5. The minimum absolute atomic E-state index is 0.00201. The van der Waals surface area contributed by atoms with E-state index in [0.717, 1.165) is 0 Å². The summed E-state index contributed by atoms with van der Waals surface area (Å²) in [5, 5.41) is 12.7. The SMILES string of the molecule is CC(C)NC(=O)C1CCN(C(=O)c2ccccc2O)CC1. The maximum Gasteiger partial charge on any atom is 0.257 e. The van der Waals surface area contributed by atoms with Crippen molar-refractivity contribution >= 4 is 11.8 Å². The molecule has 1 aromatic rings. The molecule has 5 nitrogen and oxygen atoms in total. The second-order valence-corrected chi connectivity index (χ2v) is 5.75. The third-order valence-electron chi connectivity index (χ3n) is 3.72. The Morgan fingerprint density at radius 1 is 1.24 bits per heavy atom. The zero-order chi connectivity index (χ0) is 15.4. The van der Waals surface area contributed by atoms with Gasteiger partial charge >= 0.3 is 0 Å². The number of phenols is 1. The van der Waals surface area contributed by atoms with Crippen LogP contribution >= 0.6 is 0 Å². The van der Waals surface area contributed by atoms with Gasteiger partial charge in [-0.3, -0.25) is 9.59 Å². The molecule has 0 radical (unpaired) electrons. The molecule has 2 amide bonds. The number of nitrogens with one attached hydrogen (secondary N) is 1. The molecule has 5 heteroatoms. The van der Waals surface area contributed by atoms with Crippen LogP contribution in [0.4, 0.5) is 0 Å². The van der Waals surface area contributed by atoms with Crippen LogP contribution in [0, 0.1) is 5.92 Å². The average molecular weight is 290 g/mol. The average Bonchev–Trinajstić information content (AvgIpc) is 2.46. The van der Waals surface area contributed by atoms with Crippen LogP contribution in [0.5, 0.6) is 5.75 Å². The monoisotopic (exact) mass is 290 g/mol. The molecule has 0 bridgehead atoms. The smallest absolute Gasteiger partial charge is 0.257 e. The molecule has 0 aromatic heterocycles. The van der Waals surface area contributed by atoms with E-state index in [1.54, 1.807) is 23.1 Å². The van der Waals surface area contributed by atoms with Gasteiger partial charge in [0.05, 0.1) is 5.56 Å². The summed E-state index contributed by atoms with van der Waals surface area (Å²) in [6.45, 7) is 4.97. The number of hydrogen-bond donors (Lipinski definition) is 2. The molecule has 0 aliphatic carbocycles. The summed E-state index contributed by atoms with van der Waals surface area (Å²) < 4.78 is 0. The largest absolute Gasteiger partial charge is 0.507 e. The van der Waals surface area contributed by atoms with E-state index in [-0.39, 0.29) is 29.5 Å². The van der Waals surface area contributed by atoms with Gasteiger partial charge in [0.25, 0.3) is 5.91 Å². The Labute approximate surface area is 125 Å². The molecule has 0 unspecified atom stereocenters. The fourth-order valence-electron chi connectivity index (χ4n) is 2.57. The van der Waals surface area contributed by atoms with E-state index in [2.05, 4.69) is 5.32 Å².